The van der Waals surface area contributed by atoms with Gasteiger partial charge in [0.1, 0.15) is 12.1 Å². The van der Waals surface area contributed by atoms with Crippen molar-refractivity contribution in [2.24, 2.45) is 5.92 Å². The first-order valence-corrected chi connectivity index (χ1v) is 7.47. The summed E-state index contributed by atoms with van der Waals surface area (Å²) in [4.78, 5) is 41.1. The smallest absolute Gasteiger partial charge is 0.332 e. The van der Waals surface area contributed by atoms with Gasteiger partial charge in [-0.05, 0) is 5.56 Å². The van der Waals surface area contributed by atoms with Crippen LogP contribution in [-0.2, 0) is 18.9 Å². The van der Waals surface area contributed by atoms with Gasteiger partial charge in [-0.1, -0.05) is 30.3 Å². The first kappa shape index (κ1) is 13.9. The average Bonchev–Trinajstić information content (AvgIpc) is 2.70. The molecule has 1 saturated heterocycles. The van der Waals surface area contributed by atoms with Crippen LogP contribution in [0.3, 0.4) is 0 Å². The highest BCUT2D eigenvalue weighted by Gasteiger charge is 2.44. The molecule has 0 radical (unpaired) electrons. The maximum absolute atomic E-state index is 11.9. The second-order valence-corrected chi connectivity index (χ2v) is 6.06. The Hall–Kier alpha value is -1.49. The Morgan fingerprint density at radius 2 is 1.95 bits per heavy atom. The van der Waals surface area contributed by atoms with Crippen molar-refractivity contribution < 1.29 is 28.7 Å². The van der Waals surface area contributed by atoms with Crippen molar-refractivity contribution in [2.45, 2.75) is 5.92 Å². The van der Waals surface area contributed by atoms with Crippen molar-refractivity contribution >= 4 is 19.3 Å². The van der Waals surface area contributed by atoms with Gasteiger partial charge in [-0.25, -0.2) is 0 Å². The van der Waals surface area contributed by atoms with Crippen LogP contribution in [0.25, 0.3) is 0 Å². The van der Waals surface area contributed by atoms with E-state index in [-0.39, 0.29) is 6.61 Å². The fourth-order valence-corrected chi connectivity index (χ4v) is 2.77. The molecule has 102 valence electrons. The third kappa shape index (κ3) is 3.29. The lowest BCUT2D eigenvalue weighted by Gasteiger charge is -2.14. The molecule has 1 fully saturated rings. The van der Waals surface area contributed by atoms with Crippen LogP contribution in [0.1, 0.15) is 11.5 Å². The summed E-state index contributed by atoms with van der Waals surface area (Å²) in [7, 11) is -4.48. The number of carbonyl (C=O) groups excluding carboxylic acids is 2. The van der Waals surface area contributed by atoms with E-state index in [0.29, 0.717) is 0 Å². The number of hydrogen-bond acceptors (Lipinski definition) is 4. The Labute approximate surface area is 109 Å². The fourth-order valence-electron chi connectivity index (χ4n) is 2.17. The van der Waals surface area contributed by atoms with Gasteiger partial charge in [-0.3, -0.25) is 14.2 Å². The van der Waals surface area contributed by atoms with E-state index in [0.717, 1.165) is 5.56 Å². The number of hydrogen-bond donors (Lipinski definition) is 2. The van der Waals surface area contributed by atoms with Gasteiger partial charge in [-0.15, -0.1) is 0 Å². The van der Waals surface area contributed by atoms with Crippen LogP contribution in [-0.4, -0.2) is 34.3 Å². The predicted molar refractivity (Wildman–Crippen MR) is 65.6 cm³/mol. The molecular formula is C12H13O6P. The zero-order valence-corrected chi connectivity index (χ0v) is 10.8. The largest absolute Gasteiger partial charge is 0.464 e. The second-order valence-electron chi connectivity index (χ2n) is 4.41. The number of ketones is 1. The van der Waals surface area contributed by atoms with Crippen molar-refractivity contribution in [3.63, 3.8) is 0 Å². The van der Waals surface area contributed by atoms with Crippen LogP contribution in [0.15, 0.2) is 30.3 Å². The van der Waals surface area contributed by atoms with E-state index >= 15 is 0 Å². The number of benzene rings is 1. The van der Waals surface area contributed by atoms with E-state index in [1.54, 1.807) is 30.3 Å². The second kappa shape index (κ2) is 5.25. The van der Waals surface area contributed by atoms with Gasteiger partial charge in [0.25, 0.3) is 0 Å². The maximum Gasteiger partial charge on any atom is 0.332 e. The normalized spacial score (nSPS) is 23.2. The quantitative estimate of drug-likeness (QED) is 0.479. The van der Waals surface area contributed by atoms with Gasteiger partial charge in [-0.2, -0.15) is 0 Å². The minimum Gasteiger partial charge on any atom is -0.464 e. The molecule has 1 aromatic carbocycles. The number of ether oxygens (including phenoxy) is 1. The number of cyclic esters (lactones) is 1. The van der Waals surface area contributed by atoms with Gasteiger partial charge < -0.3 is 14.5 Å². The van der Waals surface area contributed by atoms with Crippen molar-refractivity contribution in [2.75, 3.05) is 12.8 Å². The van der Waals surface area contributed by atoms with Crippen molar-refractivity contribution in [3.05, 3.63) is 35.9 Å². The molecule has 2 rings (SSSR count). The molecule has 2 atom stereocenters. The Morgan fingerprint density at radius 1 is 1.32 bits per heavy atom. The molecule has 0 bridgehead atoms. The van der Waals surface area contributed by atoms with Gasteiger partial charge in [0.2, 0.25) is 0 Å². The number of esters is 1. The van der Waals surface area contributed by atoms with E-state index in [9.17, 15) is 14.2 Å². The molecule has 6 nitrogen and oxygen atoms in total. The molecule has 0 aliphatic carbocycles. The van der Waals surface area contributed by atoms with E-state index < -0.39 is 37.3 Å². The molecular weight excluding hydrogens is 271 g/mol. The lowest BCUT2D eigenvalue weighted by Crippen LogP contribution is -2.27. The summed E-state index contributed by atoms with van der Waals surface area (Å²) in [6, 6.07) is 8.84. The highest BCUT2D eigenvalue weighted by molar-refractivity contribution is 7.52. The van der Waals surface area contributed by atoms with E-state index in [4.69, 9.17) is 14.5 Å². The van der Waals surface area contributed by atoms with Crippen LogP contribution in [0, 0.1) is 5.92 Å². The van der Waals surface area contributed by atoms with Gasteiger partial charge in [0, 0.05) is 5.92 Å². The highest BCUT2D eigenvalue weighted by atomic mass is 31.2. The van der Waals surface area contributed by atoms with Crippen LogP contribution >= 0.6 is 7.60 Å². The molecule has 1 aliphatic rings. The lowest BCUT2D eigenvalue weighted by molar-refractivity contribution is -0.144. The van der Waals surface area contributed by atoms with Gasteiger partial charge in [0.05, 0.1) is 6.61 Å². The number of Topliss-reactive ketones (excluding diaryl/α,β-unsaturated/α-hetero) is 1. The Morgan fingerprint density at radius 3 is 2.53 bits per heavy atom. The molecule has 19 heavy (non-hydrogen) atoms. The minimum atomic E-state index is -4.48. The van der Waals surface area contributed by atoms with Crippen LogP contribution in [0.5, 0.6) is 0 Å². The van der Waals surface area contributed by atoms with Gasteiger partial charge >= 0.3 is 13.6 Å². The molecule has 1 heterocycles. The van der Waals surface area contributed by atoms with E-state index in [2.05, 4.69) is 0 Å². The monoisotopic (exact) mass is 284 g/mol. The summed E-state index contributed by atoms with van der Waals surface area (Å²) in [5.41, 5.74) is 0.748. The molecule has 0 aromatic heterocycles. The van der Waals surface area contributed by atoms with Crippen molar-refractivity contribution in [1.29, 1.82) is 0 Å². The predicted octanol–water partition coefficient (Wildman–Crippen LogP) is 0.690. The Kier molecular flexibility index (Phi) is 3.85. The summed E-state index contributed by atoms with van der Waals surface area (Å²) in [6.07, 6.45) is -0.934. The van der Waals surface area contributed by atoms with Gasteiger partial charge in [0.15, 0.2) is 5.78 Å². The average molecular weight is 284 g/mol. The van der Waals surface area contributed by atoms with E-state index in [1.807, 2.05) is 0 Å². The SMILES string of the molecule is O=C(CP(=O)(O)O)C1C(=O)OC[C@H]1c1ccccc1. The fraction of sp³-hybridized carbons (Fsp3) is 0.333. The van der Waals surface area contributed by atoms with Crippen molar-refractivity contribution in [1.82, 2.24) is 0 Å². The van der Waals surface area contributed by atoms with Crippen molar-refractivity contribution in [3.8, 4) is 0 Å². The maximum atomic E-state index is 11.9. The summed E-state index contributed by atoms with van der Waals surface area (Å²) in [5, 5.41) is 0. The molecule has 0 spiro atoms. The molecule has 1 aliphatic heterocycles. The van der Waals surface area contributed by atoms with Crippen LogP contribution in [0.4, 0.5) is 0 Å². The Balaban J connectivity index is 2.24. The summed E-state index contributed by atoms with van der Waals surface area (Å²) in [6.45, 7) is 0.0560. The highest BCUT2D eigenvalue weighted by Crippen LogP contribution is 2.39. The third-order valence-corrected chi connectivity index (χ3v) is 3.72. The third-order valence-electron chi connectivity index (χ3n) is 3.00. The summed E-state index contributed by atoms with van der Waals surface area (Å²) in [5.74, 6) is -3.10. The molecule has 0 amide bonds. The molecule has 0 saturated carbocycles. The first-order chi connectivity index (χ1) is 8.88. The lowest BCUT2D eigenvalue weighted by atomic mass is 9.86. The van der Waals surface area contributed by atoms with Crippen LogP contribution < -0.4 is 0 Å². The first-order valence-electron chi connectivity index (χ1n) is 5.67. The zero-order valence-electron chi connectivity index (χ0n) is 9.93. The summed E-state index contributed by atoms with van der Waals surface area (Å²) >= 11 is 0. The topological polar surface area (TPSA) is 101 Å². The summed E-state index contributed by atoms with van der Waals surface area (Å²) < 4.78 is 15.7. The molecule has 1 aromatic rings. The zero-order chi connectivity index (χ0) is 14.0. The standard InChI is InChI=1S/C12H13O6P/c13-10(7-19(15,16)17)11-9(6-18-12(11)14)8-4-2-1-3-5-8/h1-5,9,11H,6-7H2,(H2,15,16,17)/t9-,11?/m0/s1. The Bertz CT molecular complexity index is 534. The van der Waals surface area contributed by atoms with Crippen LogP contribution in [0.2, 0.25) is 0 Å². The molecule has 2 N–H and O–H groups in total. The minimum absolute atomic E-state index is 0.0560. The molecule has 1 unspecified atom stereocenters. The number of rotatable bonds is 4. The van der Waals surface area contributed by atoms with E-state index in [1.165, 1.54) is 0 Å². The number of carbonyl (C=O) groups is 2. The molecule has 7 heteroatoms.